The molecule has 5 rings (SSSR count). The predicted octanol–water partition coefficient (Wildman–Crippen LogP) is 3.49. The second kappa shape index (κ2) is 7.39. The molecule has 150 valence electrons. The van der Waals surface area contributed by atoms with Crippen molar-refractivity contribution in [2.75, 3.05) is 13.3 Å². The maximum Gasteiger partial charge on any atom is 0.231 e. The lowest BCUT2D eigenvalue weighted by molar-refractivity contribution is -0.135. The minimum Gasteiger partial charge on any atom is -0.454 e. The summed E-state index contributed by atoms with van der Waals surface area (Å²) in [7, 11) is 0. The van der Waals surface area contributed by atoms with E-state index in [-0.39, 0.29) is 30.5 Å². The molecule has 0 unspecified atom stereocenters. The van der Waals surface area contributed by atoms with Gasteiger partial charge in [0.15, 0.2) is 17.6 Å². The SMILES string of the molecule is O=C(C1CC1)N(Cc1cccc(F)c1)C[C@@H]1CC(c2ccc3c(c2)OCO3)=NO1. The number of amides is 1. The minimum atomic E-state index is -0.299. The van der Waals surface area contributed by atoms with Gasteiger partial charge in [-0.3, -0.25) is 4.79 Å². The lowest BCUT2D eigenvalue weighted by Crippen LogP contribution is -2.38. The number of fused-ring (bicyclic) bond motifs is 1. The minimum absolute atomic E-state index is 0.0826. The average molecular weight is 396 g/mol. The Morgan fingerprint density at radius 1 is 1.14 bits per heavy atom. The standard InChI is InChI=1S/C22H21FN2O4/c23-17-3-1-2-14(8-17)11-25(22(26)15-4-5-15)12-18-10-19(24-29-18)16-6-7-20-21(9-16)28-13-27-20/h1-3,6-9,15,18H,4-5,10-13H2/t18-/m0/s1. The van der Waals surface area contributed by atoms with Gasteiger partial charge in [0.2, 0.25) is 12.7 Å². The third kappa shape index (κ3) is 3.90. The third-order valence-corrected chi connectivity index (χ3v) is 5.36. The molecule has 2 aromatic carbocycles. The molecule has 2 heterocycles. The molecular formula is C22H21FN2O4. The number of rotatable bonds is 6. The van der Waals surface area contributed by atoms with E-state index in [2.05, 4.69) is 5.16 Å². The fraction of sp³-hybridized carbons (Fsp3) is 0.364. The summed E-state index contributed by atoms with van der Waals surface area (Å²) in [6, 6.07) is 12.1. The molecule has 0 bridgehead atoms. The number of benzene rings is 2. The highest BCUT2D eigenvalue weighted by molar-refractivity contribution is 6.01. The van der Waals surface area contributed by atoms with Crippen molar-refractivity contribution >= 4 is 11.6 Å². The van der Waals surface area contributed by atoms with Crippen molar-refractivity contribution in [1.82, 2.24) is 4.90 Å². The number of hydrogen-bond acceptors (Lipinski definition) is 5. The van der Waals surface area contributed by atoms with Gasteiger partial charge in [0, 0.05) is 24.4 Å². The number of nitrogens with zero attached hydrogens (tertiary/aromatic N) is 2. The molecule has 6 nitrogen and oxygen atoms in total. The van der Waals surface area contributed by atoms with E-state index >= 15 is 0 Å². The highest BCUT2D eigenvalue weighted by atomic mass is 19.1. The summed E-state index contributed by atoms with van der Waals surface area (Å²) >= 11 is 0. The molecule has 0 N–H and O–H groups in total. The molecule has 0 aromatic heterocycles. The van der Waals surface area contributed by atoms with Gasteiger partial charge in [0.25, 0.3) is 0 Å². The third-order valence-electron chi connectivity index (χ3n) is 5.36. The Bertz CT molecular complexity index is 973. The molecule has 1 fully saturated rings. The molecule has 7 heteroatoms. The fourth-order valence-electron chi connectivity index (χ4n) is 3.70. The van der Waals surface area contributed by atoms with Crippen LogP contribution >= 0.6 is 0 Å². The van der Waals surface area contributed by atoms with Crippen LogP contribution in [0, 0.1) is 11.7 Å². The highest BCUT2D eigenvalue weighted by Gasteiger charge is 2.35. The van der Waals surface area contributed by atoms with E-state index in [1.54, 1.807) is 11.0 Å². The van der Waals surface area contributed by atoms with Crippen LogP contribution in [0.4, 0.5) is 4.39 Å². The Morgan fingerprint density at radius 2 is 2.00 bits per heavy atom. The first-order valence-electron chi connectivity index (χ1n) is 9.81. The Hall–Kier alpha value is -3.09. The van der Waals surface area contributed by atoms with Gasteiger partial charge in [-0.2, -0.15) is 0 Å². The lowest BCUT2D eigenvalue weighted by atomic mass is 10.0. The van der Waals surface area contributed by atoms with Gasteiger partial charge in [0.05, 0.1) is 12.3 Å². The molecule has 2 aromatic rings. The van der Waals surface area contributed by atoms with Crippen molar-refractivity contribution in [1.29, 1.82) is 0 Å². The molecule has 0 spiro atoms. The largest absolute Gasteiger partial charge is 0.454 e. The van der Waals surface area contributed by atoms with Crippen LogP contribution < -0.4 is 9.47 Å². The van der Waals surface area contributed by atoms with E-state index in [1.165, 1.54) is 12.1 Å². The Kier molecular flexibility index (Phi) is 4.58. The molecule has 0 radical (unpaired) electrons. The van der Waals surface area contributed by atoms with Crippen LogP contribution in [0.3, 0.4) is 0 Å². The molecule has 3 aliphatic rings. The van der Waals surface area contributed by atoms with Gasteiger partial charge in [-0.25, -0.2) is 4.39 Å². The van der Waals surface area contributed by atoms with Crippen LogP contribution in [0.1, 0.15) is 30.4 Å². The second-order valence-electron chi connectivity index (χ2n) is 7.66. The predicted molar refractivity (Wildman–Crippen MR) is 103 cm³/mol. The van der Waals surface area contributed by atoms with Crippen LogP contribution in [-0.4, -0.2) is 36.0 Å². The quantitative estimate of drug-likeness (QED) is 0.750. The van der Waals surface area contributed by atoms with Crippen LogP contribution in [0.25, 0.3) is 0 Å². The van der Waals surface area contributed by atoms with Gasteiger partial charge < -0.3 is 19.2 Å². The van der Waals surface area contributed by atoms with E-state index in [0.29, 0.717) is 25.3 Å². The van der Waals surface area contributed by atoms with Gasteiger partial charge in [-0.1, -0.05) is 17.3 Å². The number of carbonyl (C=O) groups is 1. The van der Waals surface area contributed by atoms with Crippen molar-refractivity contribution in [2.24, 2.45) is 11.1 Å². The molecular weight excluding hydrogens is 375 g/mol. The summed E-state index contributed by atoms with van der Waals surface area (Å²) in [5.74, 6) is 1.31. The van der Waals surface area contributed by atoms with E-state index in [1.807, 2.05) is 24.3 Å². The monoisotopic (exact) mass is 396 g/mol. The van der Waals surface area contributed by atoms with E-state index in [4.69, 9.17) is 14.3 Å². The zero-order valence-corrected chi connectivity index (χ0v) is 15.8. The van der Waals surface area contributed by atoms with Crippen molar-refractivity contribution < 1.29 is 23.5 Å². The average Bonchev–Trinajstić information content (AvgIpc) is 3.28. The molecule has 1 atom stereocenters. The number of oxime groups is 1. The Labute approximate surface area is 167 Å². The van der Waals surface area contributed by atoms with Crippen LogP contribution in [-0.2, 0) is 16.2 Å². The lowest BCUT2D eigenvalue weighted by Gasteiger charge is -2.25. The summed E-state index contributed by atoms with van der Waals surface area (Å²) in [5.41, 5.74) is 2.51. The molecule has 1 saturated carbocycles. The highest BCUT2D eigenvalue weighted by Crippen LogP contribution is 2.34. The van der Waals surface area contributed by atoms with Crippen molar-refractivity contribution in [3.05, 3.63) is 59.4 Å². The molecule has 29 heavy (non-hydrogen) atoms. The number of halogens is 1. The van der Waals surface area contributed by atoms with Crippen LogP contribution in [0.2, 0.25) is 0 Å². The number of carbonyl (C=O) groups excluding carboxylic acids is 1. The first-order chi connectivity index (χ1) is 14.2. The second-order valence-corrected chi connectivity index (χ2v) is 7.66. The topological polar surface area (TPSA) is 60.4 Å². The summed E-state index contributed by atoms with van der Waals surface area (Å²) in [4.78, 5) is 20.2. The van der Waals surface area contributed by atoms with Gasteiger partial charge in [-0.15, -0.1) is 0 Å². The van der Waals surface area contributed by atoms with Crippen LogP contribution in [0.15, 0.2) is 47.6 Å². The van der Waals surface area contributed by atoms with E-state index in [0.717, 1.165) is 35.4 Å². The maximum absolute atomic E-state index is 13.6. The summed E-state index contributed by atoms with van der Waals surface area (Å²) < 4.78 is 24.3. The normalized spacial score (nSPS) is 19.6. The van der Waals surface area contributed by atoms with E-state index < -0.39 is 0 Å². The molecule has 1 amide bonds. The maximum atomic E-state index is 13.6. The summed E-state index contributed by atoms with van der Waals surface area (Å²) in [5, 5.41) is 4.23. The smallest absolute Gasteiger partial charge is 0.231 e. The van der Waals surface area contributed by atoms with Crippen LogP contribution in [0.5, 0.6) is 11.5 Å². The number of ether oxygens (including phenoxy) is 2. The van der Waals surface area contributed by atoms with Crippen molar-refractivity contribution in [2.45, 2.75) is 31.9 Å². The Balaban J connectivity index is 1.27. The zero-order valence-electron chi connectivity index (χ0n) is 15.8. The van der Waals surface area contributed by atoms with Gasteiger partial charge in [-0.05, 0) is 48.7 Å². The van der Waals surface area contributed by atoms with Gasteiger partial charge >= 0.3 is 0 Å². The van der Waals surface area contributed by atoms with Gasteiger partial charge in [0.1, 0.15) is 5.82 Å². The van der Waals surface area contributed by atoms with Crippen molar-refractivity contribution in [3.63, 3.8) is 0 Å². The van der Waals surface area contributed by atoms with Crippen molar-refractivity contribution in [3.8, 4) is 11.5 Å². The summed E-state index contributed by atoms with van der Waals surface area (Å²) in [6.07, 6.45) is 2.20. The summed E-state index contributed by atoms with van der Waals surface area (Å²) in [6.45, 7) is 1.01. The number of hydrogen-bond donors (Lipinski definition) is 0. The molecule has 0 saturated heterocycles. The zero-order chi connectivity index (χ0) is 19.8. The first kappa shape index (κ1) is 18.0. The molecule has 2 aliphatic heterocycles. The van der Waals surface area contributed by atoms with E-state index in [9.17, 15) is 9.18 Å². The first-order valence-corrected chi connectivity index (χ1v) is 9.81. The molecule has 1 aliphatic carbocycles. The fourth-order valence-corrected chi connectivity index (χ4v) is 3.70. The Morgan fingerprint density at radius 3 is 2.83 bits per heavy atom.